The Bertz CT molecular complexity index is 754. The number of aromatic amines is 1. The van der Waals surface area contributed by atoms with Crippen LogP contribution >= 0.6 is 0 Å². The average molecular weight is 282 g/mol. The molecule has 1 amide bonds. The minimum atomic E-state index is -0.649. The zero-order valence-corrected chi connectivity index (χ0v) is 10.9. The first kappa shape index (κ1) is 13.0. The number of nitrogens with zero attached hydrogens (tertiary/aromatic N) is 2. The number of imidazole rings is 1. The Labute approximate surface area is 119 Å². The molecular weight excluding hydrogens is 271 g/mol. The van der Waals surface area contributed by atoms with Crippen LogP contribution in [0.15, 0.2) is 55.2 Å². The molecule has 104 valence electrons. The number of carbonyl (C=O) groups excluding carboxylic acids is 1. The van der Waals surface area contributed by atoms with Crippen LogP contribution in [0, 0.1) is 5.82 Å². The van der Waals surface area contributed by atoms with Gasteiger partial charge in [-0.1, -0.05) is 12.1 Å². The lowest BCUT2D eigenvalue weighted by Crippen LogP contribution is -2.13. The van der Waals surface area contributed by atoms with Gasteiger partial charge in [-0.05, 0) is 23.8 Å². The van der Waals surface area contributed by atoms with E-state index >= 15 is 0 Å². The highest BCUT2D eigenvalue weighted by atomic mass is 19.1. The van der Waals surface area contributed by atoms with Gasteiger partial charge in [0.25, 0.3) is 5.91 Å². The van der Waals surface area contributed by atoms with Crippen molar-refractivity contribution in [1.29, 1.82) is 0 Å². The molecule has 1 aromatic carbocycles. The van der Waals surface area contributed by atoms with Gasteiger partial charge in [0, 0.05) is 11.9 Å². The second-order valence-corrected chi connectivity index (χ2v) is 4.35. The third kappa shape index (κ3) is 2.79. The molecule has 2 heterocycles. The van der Waals surface area contributed by atoms with E-state index < -0.39 is 11.7 Å². The first-order valence-corrected chi connectivity index (χ1v) is 6.24. The Hall–Kier alpha value is -3.02. The Morgan fingerprint density at radius 2 is 1.90 bits per heavy atom. The smallest absolute Gasteiger partial charge is 0.258 e. The fourth-order valence-corrected chi connectivity index (χ4v) is 1.90. The number of benzene rings is 1. The highest BCUT2D eigenvalue weighted by Gasteiger charge is 2.11. The number of anilines is 1. The van der Waals surface area contributed by atoms with E-state index in [-0.39, 0.29) is 5.56 Å². The molecule has 0 radical (unpaired) electrons. The van der Waals surface area contributed by atoms with Gasteiger partial charge in [-0.25, -0.2) is 9.37 Å². The van der Waals surface area contributed by atoms with Gasteiger partial charge in [-0.15, -0.1) is 0 Å². The number of hydrogen-bond donors (Lipinski definition) is 2. The minimum Gasteiger partial charge on any atom is -0.345 e. The van der Waals surface area contributed by atoms with Crippen LogP contribution in [0.4, 0.5) is 10.1 Å². The Kier molecular flexibility index (Phi) is 3.42. The molecule has 6 heteroatoms. The second-order valence-electron chi connectivity index (χ2n) is 4.35. The topological polar surface area (TPSA) is 70.7 Å². The van der Waals surface area contributed by atoms with E-state index in [1.54, 1.807) is 24.7 Å². The third-order valence-electron chi connectivity index (χ3n) is 2.97. The van der Waals surface area contributed by atoms with Crippen LogP contribution in [0.3, 0.4) is 0 Å². The molecule has 0 bridgehead atoms. The number of amides is 1. The Morgan fingerprint density at radius 3 is 2.57 bits per heavy atom. The predicted octanol–water partition coefficient (Wildman–Crippen LogP) is 2.86. The lowest BCUT2D eigenvalue weighted by molar-refractivity contribution is 0.102. The number of rotatable bonds is 3. The quantitative estimate of drug-likeness (QED) is 0.776. The van der Waals surface area contributed by atoms with Crippen molar-refractivity contribution in [2.45, 2.75) is 0 Å². The maximum Gasteiger partial charge on any atom is 0.258 e. The second kappa shape index (κ2) is 5.54. The summed E-state index contributed by atoms with van der Waals surface area (Å²) in [5, 5.41) is 2.64. The first-order chi connectivity index (χ1) is 10.2. The van der Waals surface area contributed by atoms with Crippen molar-refractivity contribution in [3.8, 4) is 11.3 Å². The fourth-order valence-electron chi connectivity index (χ4n) is 1.90. The largest absolute Gasteiger partial charge is 0.345 e. The molecule has 2 aromatic heterocycles. The normalized spacial score (nSPS) is 10.3. The molecule has 3 rings (SSSR count). The summed E-state index contributed by atoms with van der Waals surface area (Å²) in [4.78, 5) is 22.5. The SMILES string of the molecule is O=C(Nc1ccc(-c2cnc[nH]2)cc1)c1ccncc1F. The third-order valence-corrected chi connectivity index (χ3v) is 2.97. The van der Waals surface area contributed by atoms with Crippen LogP contribution in [0.5, 0.6) is 0 Å². The van der Waals surface area contributed by atoms with Gasteiger partial charge in [0.2, 0.25) is 0 Å². The fraction of sp³-hybridized carbons (Fsp3) is 0. The summed E-state index contributed by atoms with van der Waals surface area (Å²) < 4.78 is 13.5. The molecule has 5 nitrogen and oxygen atoms in total. The van der Waals surface area contributed by atoms with Crippen molar-refractivity contribution in [2.75, 3.05) is 5.32 Å². The summed E-state index contributed by atoms with van der Waals surface area (Å²) in [5.74, 6) is -1.16. The average Bonchev–Trinajstić information content (AvgIpc) is 3.02. The molecule has 0 aliphatic carbocycles. The van der Waals surface area contributed by atoms with E-state index in [0.717, 1.165) is 17.5 Å². The number of pyridine rings is 1. The number of halogens is 1. The van der Waals surface area contributed by atoms with Gasteiger partial charge in [0.05, 0.1) is 30.0 Å². The lowest BCUT2D eigenvalue weighted by Gasteiger charge is -2.06. The minimum absolute atomic E-state index is 0.0392. The van der Waals surface area contributed by atoms with Crippen molar-refractivity contribution in [1.82, 2.24) is 15.0 Å². The highest BCUT2D eigenvalue weighted by molar-refractivity contribution is 6.04. The molecule has 3 aromatic rings. The molecule has 0 fully saturated rings. The zero-order valence-electron chi connectivity index (χ0n) is 10.9. The zero-order chi connectivity index (χ0) is 14.7. The van der Waals surface area contributed by atoms with E-state index in [9.17, 15) is 9.18 Å². The summed E-state index contributed by atoms with van der Waals surface area (Å²) in [6.45, 7) is 0. The summed E-state index contributed by atoms with van der Waals surface area (Å²) in [5.41, 5.74) is 2.37. The molecule has 2 N–H and O–H groups in total. The molecule has 0 aliphatic rings. The molecule has 0 saturated heterocycles. The number of aromatic nitrogens is 3. The Balaban J connectivity index is 1.77. The molecule has 0 spiro atoms. The van der Waals surface area contributed by atoms with E-state index in [2.05, 4.69) is 20.3 Å². The van der Waals surface area contributed by atoms with E-state index in [4.69, 9.17) is 0 Å². The number of carbonyl (C=O) groups is 1. The number of H-pyrrole nitrogens is 1. The van der Waals surface area contributed by atoms with Crippen molar-refractivity contribution in [3.63, 3.8) is 0 Å². The molecular formula is C15H11FN4O. The van der Waals surface area contributed by atoms with Crippen LogP contribution < -0.4 is 5.32 Å². The molecule has 21 heavy (non-hydrogen) atoms. The summed E-state index contributed by atoms with van der Waals surface area (Å²) >= 11 is 0. The Morgan fingerprint density at radius 1 is 1.10 bits per heavy atom. The van der Waals surface area contributed by atoms with E-state index in [1.165, 1.54) is 12.3 Å². The van der Waals surface area contributed by atoms with Crippen LogP contribution in [0.25, 0.3) is 11.3 Å². The van der Waals surface area contributed by atoms with Crippen molar-refractivity contribution >= 4 is 11.6 Å². The molecule has 0 atom stereocenters. The molecule has 0 unspecified atom stereocenters. The van der Waals surface area contributed by atoms with Crippen molar-refractivity contribution < 1.29 is 9.18 Å². The van der Waals surface area contributed by atoms with Crippen molar-refractivity contribution in [3.05, 3.63) is 66.6 Å². The number of nitrogens with one attached hydrogen (secondary N) is 2. The summed E-state index contributed by atoms with van der Waals surface area (Å²) in [6, 6.07) is 8.50. The molecule has 0 aliphatic heterocycles. The van der Waals surface area contributed by atoms with Crippen LogP contribution in [0.1, 0.15) is 10.4 Å². The number of hydrogen-bond acceptors (Lipinski definition) is 3. The maximum absolute atomic E-state index is 13.5. The van der Waals surface area contributed by atoms with Crippen LogP contribution in [0.2, 0.25) is 0 Å². The highest BCUT2D eigenvalue weighted by Crippen LogP contribution is 2.19. The van der Waals surface area contributed by atoms with Gasteiger partial charge in [0.1, 0.15) is 0 Å². The monoisotopic (exact) mass is 282 g/mol. The maximum atomic E-state index is 13.5. The van der Waals surface area contributed by atoms with Gasteiger partial charge >= 0.3 is 0 Å². The molecule has 0 saturated carbocycles. The van der Waals surface area contributed by atoms with Crippen LogP contribution in [-0.2, 0) is 0 Å². The van der Waals surface area contributed by atoms with Gasteiger partial charge in [0.15, 0.2) is 5.82 Å². The standard InChI is InChI=1S/C15H11FN4O/c16-13-7-17-6-5-12(13)15(21)20-11-3-1-10(2-4-11)14-8-18-9-19-14/h1-9H,(H,18,19)(H,20,21). The lowest BCUT2D eigenvalue weighted by atomic mass is 10.1. The summed E-state index contributed by atoms with van der Waals surface area (Å²) in [6.07, 6.45) is 5.69. The first-order valence-electron chi connectivity index (χ1n) is 6.24. The van der Waals surface area contributed by atoms with Gasteiger partial charge in [-0.3, -0.25) is 9.78 Å². The van der Waals surface area contributed by atoms with Gasteiger partial charge < -0.3 is 10.3 Å². The van der Waals surface area contributed by atoms with Crippen molar-refractivity contribution in [2.24, 2.45) is 0 Å². The predicted molar refractivity (Wildman–Crippen MR) is 76.2 cm³/mol. The van der Waals surface area contributed by atoms with Gasteiger partial charge in [-0.2, -0.15) is 0 Å². The van der Waals surface area contributed by atoms with E-state index in [1.807, 2.05) is 12.1 Å². The van der Waals surface area contributed by atoms with Crippen LogP contribution in [-0.4, -0.2) is 20.9 Å². The van der Waals surface area contributed by atoms with E-state index in [0.29, 0.717) is 5.69 Å². The summed E-state index contributed by atoms with van der Waals surface area (Å²) in [7, 11) is 0.